The van der Waals surface area contributed by atoms with E-state index in [1.807, 2.05) is 49.4 Å². The number of nitrogens with zero attached hydrogens (tertiary/aromatic N) is 1. The van der Waals surface area contributed by atoms with Gasteiger partial charge >= 0.3 is 6.03 Å². The Balaban J connectivity index is 1.91. The van der Waals surface area contributed by atoms with E-state index in [1.165, 1.54) is 0 Å². The summed E-state index contributed by atoms with van der Waals surface area (Å²) in [7, 11) is 0. The van der Waals surface area contributed by atoms with Gasteiger partial charge in [0.15, 0.2) is 0 Å². The van der Waals surface area contributed by atoms with Crippen LogP contribution in [0.4, 0.5) is 10.5 Å². The van der Waals surface area contributed by atoms with E-state index in [-0.39, 0.29) is 0 Å². The molecule has 5 nitrogen and oxygen atoms in total. The van der Waals surface area contributed by atoms with Crippen molar-refractivity contribution in [3.8, 4) is 5.75 Å². The Bertz CT molecular complexity index is 760. The predicted molar refractivity (Wildman–Crippen MR) is 101 cm³/mol. The first-order valence-electron chi connectivity index (χ1n) is 7.29. The molecule has 0 spiro atoms. The highest BCUT2D eigenvalue weighted by atomic mass is 79.9. The number of urea groups is 1. The summed E-state index contributed by atoms with van der Waals surface area (Å²) >= 11 is 3.43. The lowest BCUT2D eigenvalue weighted by Gasteiger charge is -2.07. The summed E-state index contributed by atoms with van der Waals surface area (Å²) in [4.78, 5) is 11.8. The summed E-state index contributed by atoms with van der Waals surface area (Å²) in [5, 5.41) is 6.67. The molecular weight excluding hydrogens is 370 g/mol. The van der Waals surface area contributed by atoms with Crippen LogP contribution in [0.15, 0.2) is 64.7 Å². The van der Waals surface area contributed by atoms with Gasteiger partial charge in [-0.05, 0) is 58.2 Å². The van der Waals surface area contributed by atoms with Crippen LogP contribution in [-0.2, 0) is 0 Å². The number of para-hydroxylation sites is 1. The fourth-order valence-electron chi connectivity index (χ4n) is 1.89. The molecule has 0 aliphatic rings. The number of anilines is 1. The maximum atomic E-state index is 11.8. The molecule has 0 fully saturated rings. The van der Waals surface area contributed by atoms with E-state index >= 15 is 0 Å². The average molecular weight is 388 g/mol. The van der Waals surface area contributed by atoms with Gasteiger partial charge in [-0.1, -0.05) is 30.9 Å². The maximum Gasteiger partial charge on any atom is 0.339 e. The molecule has 2 rings (SSSR count). The zero-order chi connectivity index (χ0) is 17.4. The molecule has 0 bridgehead atoms. The summed E-state index contributed by atoms with van der Waals surface area (Å²) in [5.41, 5.74) is 4.99. The SMILES string of the molecule is C=CCOc1ccc(C=NNC(=O)Nc2ccccc2C)cc1Br. The van der Waals surface area contributed by atoms with E-state index in [0.717, 1.165) is 27.0 Å². The molecule has 124 valence electrons. The number of ether oxygens (including phenoxy) is 1. The third-order valence-corrected chi connectivity index (χ3v) is 3.71. The van der Waals surface area contributed by atoms with Gasteiger partial charge in [-0.15, -0.1) is 0 Å². The van der Waals surface area contributed by atoms with Crippen LogP contribution in [0, 0.1) is 6.92 Å². The number of benzene rings is 2. The topological polar surface area (TPSA) is 62.7 Å². The normalized spacial score (nSPS) is 10.4. The third kappa shape index (κ3) is 5.24. The molecule has 24 heavy (non-hydrogen) atoms. The quantitative estimate of drug-likeness (QED) is 0.436. The number of hydrogen-bond acceptors (Lipinski definition) is 3. The van der Waals surface area contributed by atoms with E-state index in [1.54, 1.807) is 12.3 Å². The smallest absolute Gasteiger partial charge is 0.339 e. The monoisotopic (exact) mass is 387 g/mol. The molecule has 2 N–H and O–H groups in total. The van der Waals surface area contributed by atoms with Crippen molar-refractivity contribution in [2.24, 2.45) is 5.10 Å². The Labute approximate surface area is 149 Å². The molecule has 0 saturated carbocycles. The van der Waals surface area contributed by atoms with Gasteiger partial charge in [0.1, 0.15) is 12.4 Å². The minimum Gasteiger partial charge on any atom is -0.488 e. The molecule has 6 heteroatoms. The van der Waals surface area contributed by atoms with Gasteiger partial charge in [0.05, 0.1) is 10.7 Å². The molecule has 0 unspecified atom stereocenters. The number of amides is 2. The van der Waals surface area contributed by atoms with Crippen molar-refractivity contribution in [3.05, 3.63) is 70.7 Å². The van der Waals surface area contributed by atoms with Crippen molar-refractivity contribution < 1.29 is 9.53 Å². The molecule has 0 radical (unpaired) electrons. The Morgan fingerprint density at radius 2 is 2.12 bits per heavy atom. The van der Waals surface area contributed by atoms with Gasteiger partial charge < -0.3 is 10.1 Å². The van der Waals surface area contributed by atoms with Crippen molar-refractivity contribution >= 4 is 33.9 Å². The zero-order valence-corrected chi connectivity index (χ0v) is 14.8. The number of rotatable bonds is 6. The highest BCUT2D eigenvalue weighted by Crippen LogP contribution is 2.25. The second kappa shape index (κ2) is 8.88. The van der Waals surface area contributed by atoms with Crippen molar-refractivity contribution in [3.63, 3.8) is 0 Å². The molecule has 0 aliphatic carbocycles. The number of hydrogen-bond donors (Lipinski definition) is 2. The number of carbonyl (C=O) groups excluding carboxylic acids is 1. The van der Waals surface area contributed by atoms with E-state index < -0.39 is 6.03 Å². The summed E-state index contributed by atoms with van der Waals surface area (Å²) in [6.07, 6.45) is 3.23. The standard InChI is InChI=1S/C18H18BrN3O2/c1-3-10-24-17-9-8-14(11-15(17)19)12-20-22-18(23)21-16-7-5-4-6-13(16)2/h3-9,11-12H,1,10H2,2H3,(H2,21,22,23). The van der Waals surface area contributed by atoms with Crippen molar-refractivity contribution in [1.82, 2.24) is 5.43 Å². The number of aryl methyl sites for hydroxylation is 1. The van der Waals surface area contributed by atoms with E-state index in [4.69, 9.17) is 4.74 Å². The molecular formula is C18H18BrN3O2. The van der Waals surface area contributed by atoms with Gasteiger partial charge in [-0.3, -0.25) is 0 Å². The van der Waals surface area contributed by atoms with Gasteiger partial charge in [0, 0.05) is 5.69 Å². The Morgan fingerprint density at radius 3 is 2.83 bits per heavy atom. The molecule has 0 atom stereocenters. The lowest BCUT2D eigenvalue weighted by atomic mass is 10.2. The number of carbonyl (C=O) groups is 1. The highest BCUT2D eigenvalue weighted by molar-refractivity contribution is 9.10. The number of nitrogens with one attached hydrogen (secondary N) is 2. The van der Waals surface area contributed by atoms with Crippen LogP contribution in [0.2, 0.25) is 0 Å². The Morgan fingerprint density at radius 1 is 1.33 bits per heavy atom. The van der Waals surface area contributed by atoms with Crippen LogP contribution in [0.25, 0.3) is 0 Å². The molecule has 2 aromatic rings. The van der Waals surface area contributed by atoms with Crippen LogP contribution < -0.4 is 15.5 Å². The maximum absolute atomic E-state index is 11.8. The first-order chi connectivity index (χ1) is 11.6. The van der Waals surface area contributed by atoms with Gasteiger partial charge in [0.25, 0.3) is 0 Å². The first kappa shape index (κ1) is 17.7. The molecule has 0 aromatic heterocycles. The number of hydrazone groups is 1. The molecule has 0 aliphatic heterocycles. The van der Waals surface area contributed by atoms with Crippen LogP contribution >= 0.6 is 15.9 Å². The second-order valence-corrected chi connectivity index (χ2v) is 5.78. The third-order valence-electron chi connectivity index (χ3n) is 3.09. The van der Waals surface area contributed by atoms with Crippen molar-refractivity contribution in [2.45, 2.75) is 6.92 Å². The average Bonchev–Trinajstić information content (AvgIpc) is 2.56. The van der Waals surface area contributed by atoms with Crippen molar-refractivity contribution in [2.75, 3.05) is 11.9 Å². The van der Waals surface area contributed by atoms with E-state index in [9.17, 15) is 4.79 Å². The fraction of sp³-hybridized carbons (Fsp3) is 0.111. The minimum atomic E-state index is -0.398. The Kier molecular flexibility index (Phi) is 6.57. The highest BCUT2D eigenvalue weighted by Gasteiger charge is 2.03. The molecule has 2 aromatic carbocycles. The van der Waals surface area contributed by atoms with Crippen LogP contribution in [0.1, 0.15) is 11.1 Å². The second-order valence-electron chi connectivity index (χ2n) is 4.93. The summed E-state index contributed by atoms with van der Waals surface area (Å²) in [6, 6.07) is 12.6. The van der Waals surface area contributed by atoms with Crippen LogP contribution in [0.5, 0.6) is 5.75 Å². The predicted octanol–water partition coefficient (Wildman–Crippen LogP) is 4.48. The molecule has 2 amide bonds. The molecule has 0 saturated heterocycles. The largest absolute Gasteiger partial charge is 0.488 e. The fourth-order valence-corrected chi connectivity index (χ4v) is 2.40. The van der Waals surface area contributed by atoms with E-state index in [0.29, 0.717) is 6.61 Å². The number of halogens is 1. The van der Waals surface area contributed by atoms with Gasteiger partial charge in [-0.2, -0.15) is 5.10 Å². The lowest BCUT2D eigenvalue weighted by Crippen LogP contribution is -2.24. The Hall–Kier alpha value is -2.60. The van der Waals surface area contributed by atoms with Crippen molar-refractivity contribution in [1.29, 1.82) is 0 Å². The van der Waals surface area contributed by atoms with Gasteiger partial charge in [0.2, 0.25) is 0 Å². The lowest BCUT2D eigenvalue weighted by molar-refractivity contribution is 0.252. The van der Waals surface area contributed by atoms with Crippen LogP contribution in [-0.4, -0.2) is 18.9 Å². The van der Waals surface area contributed by atoms with Crippen LogP contribution in [0.3, 0.4) is 0 Å². The first-order valence-corrected chi connectivity index (χ1v) is 8.08. The van der Waals surface area contributed by atoms with Gasteiger partial charge in [-0.25, -0.2) is 10.2 Å². The zero-order valence-electron chi connectivity index (χ0n) is 13.3. The minimum absolute atomic E-state index is 0.398. The van der Waals surface area contributed by atoms with E-state index in [2.05, 4.69) is 38.4 Å². The summed E-state index contributed by atoms with van der Waals surface area (Å²) in [5.74, 6) is 0.720. The summed E-state index contributed by atoms with van der Waals surface area (Å²) < 4.78 is 6.28. The molecule has 0 heterocycles. The summed E-state index contributed by atoms with van der Waals surface area (Å²) in [6.45, 7) is 5.97.